The highest BCUT2D eigenvalue weighted by molar-refractivity contribution is 6.31. The molecule has 1 saturated carbocycles. The van der Waals surface area contributed by atoms with Crippen molar-refractivity contribution in [3.63, 3.8) is 0 Å². The van der Waals surface area contributed by atoms with Crippen LogP contribution in [0, 0.1) is 5.82 Å². The van der Waals surface area contributed by atoms with Crippen molar-refractivity contribution in [2.24, 2.45) is 5.73 Å². The summed E-state index contributed by atoms with van der Waals surface area (Å²) in [5.41, 5.74) is 7.86. The molecule has 0 saturated heterocycles. The molecule has 2 heterocycles. The van der Waals surface area contributed by atoms with E-state index < -0.39 is 5.82 Å². The Morgan fingerprint density at radius 2 is 2.12 bits per heavy atom. The summed E-state index contributed by atoms with van der Waals surface area (Å²) in [6, 6.07) is 5.11. The van der Waals surface area contributed by atoms with E-state index in [2.05, 4.69) is 25.5 Å². The highest BCUT2D eigenvalue weighted by Crippen LogP contribution is 2.30. The number of nitrogens with two attached hydrogens (primary N) is 1. The fourth-order valence-corrected chi connectivity index (χ4v) is 3.45. The molecule has 0 radical (unpaired) electrons. The number of nitrogens with one attached hydrogen (secondary N) is 2. The van der Waals surface area contributed by atoms with Crippen molar-refractivity contribution in [2.45, 2.75) is 37.8 Å². The molecule has 3 aromatic rings. The molecule has 2 aromatic heterocycles. The Kier molecular flexibility index (Phi) is 4.27. The van der Waals surface area contributed by atoms with Gasteiger partial charge >= 0.3 is 0 Å². The fourth-order valence-electron chi connectivity index (χ4n) is 3.28. The van der Waals surface area contributed by atoms with Gasteiger partial charge in [0, 0.05) is 17.6 Å². The lowest BCUT2D eigenvalue weighted by molar-refractivity contribution is 0.403. The first-order valence-electron chi connectivity index (χ1n) is 8.31. The molecule has 0 aliphatic heterocycles. The standard InChI is InChI=1S/C17H18ClFN6/c18-10-5-3-4-9(14(10)19)15-16-17(25-24-15)23-13(8-21-16)22-12-7-2-1-6-11(12)20/h3-5,8,11-12H,1-2,6-7,20H2,(H2,22,23,24,25)/t11-,12+/m1/s1. The SMILES string of the molecule is N[C@@H]1CCCC[C@@H]1Nc1cnc2c(-c3cccc(Cl)c3F)[nH]nc2n1. The van der Waals surface area contributed by atoms with Crippen molar-refractivity contribution < 1.29 is 4.39 Å². The Morgan fingerprint density at radius 3 is 2.96 bits per heavy atom. The zero-order valence-corrected chi connectivity index (χ0v) is 14.2. The number of anilines is 1. The van der Waals surface area contributed by atoms with E-state index in [1.807, 2.05) is 0 Å². The molecule has 8 heteroatoms. The van der Waals surface area contributed by atoms with Gasteiger partial charge in [-0.15, -0.1) is 0 Å². The van der Waals surface area contributed by atoms with Crippen LogP contribution in [0.25, 0.3) is 22.4 Å². The van der Waals surface area contributed by atoms with Crippen LogP contribution >= 0.6 is 11.6 Å². The van der Waals surface area contributed by atoms with Gasteiger partial charge in [0.05, 0.1) is 16.9 Å². The summed E-state index contributed by atoms with van der Waals surface area (Å²) in [6.45, 7) is 0. The van der Waals surface area contributed by atoms with Crippen LogP contribution in [0.15, 0.2) is 24.4 Å². The molecule has 6 nitrogen and oxygen atoms in total. The van der Waals surface area contributed by atoms with E-state index in [0.29, 0.717) is 28.2 Å². The smallest absolute Gasteiger partial charge is 0.202 e. The summed E-state index contributed by atoms with van der Waals surface area (Å²) in [5, 5.41) is 10.4. The molecular formula is C17H18ClFN6. The molecule has 1 aliphatic rings. The highest BCUT2D eigenvalue weighted by Gasteiger charge is 2.22. The first-order valence-corrected chi connectivity index (χ1v) is 8.69. The first kappa shape index (κ1) is 16.2. The molecule has 0 unspecified atom stereocenters. The van der Waals surface area contributed by atoms with E-state index >= 15 is 0 Å². The van der Waals surface area contributed by atoms with Gasteiger partial charge in [-0.3, -0.25) is 5.10 Å². The molecule has 1 aliphatic carbocycles. The molecule has 130 valence electrons. The number of hydrogen-bond acceptors (Lipinski definition) is 5. The molecule has 0 bridgehead atoms. The van der Waals surface area contributed by atoms with Crippen molar-refractivity contribution in [1.29, 1.82) is 0 Å². The van der Waals surface area contributed by atoms with E-state index in [4.69, 9.17) is 17.3 Å². The van der Waals surface area contributed by atoms with E-state index in [1.54, 1.807) is 18.3 Å². The van der Waals surface area contributed by atoms with Gasteiger partial charge in [0.2, 0.25) is 5.65 Å². The summed E-state index contributed by atoms with van der Waals surface area (Å²) in [6.07, 6.45) is 5.97. The lowest BCUT2D eigenvalue weighted by Gasteiger charge is -2.29. The molecule has 1 aromatic carbocycles. The summed E-state index contributed by atoms with van der Waals surface area (Å²) in [5.74, 6) is 0.117. The van der Waals surface area contributed by atoms with Crippen molar-refractivity contribution in [1.82, 2.24) is 20.2 Å². The number of rotatable bonds is 3. The van der Waals surface area contributed by atoms with E-state index in [9.17, 15) is 4.39 Å². The van der Waals surface area contributed by atoms with Gasteiger partial charge in [0.1, 0.15) is 11.3 Å². The van der Waals surface area contributed by atoms with Gasteiger partial charge in [-0.2, -0.15) is 5.10 Å². The average Bonchev–Trinajstić information content (AvgIpc) is 3.02. The number of nitrogens with zero attached hydrogens (tertiary/aromatic N) is 3. The third kappa shape index (κ3) is 3.05. The molecule has 25 heavy (non-hydrogen) atoms. The number of fused-ring (bicyclic) bond motifs is 1. The lowest BCUT2D eigenvalue weighted by Crippen LogP contribution is -2.42. The number of benzene rings is 1. The molecule has 0 amide bonds. The van der Waals surface area contributed by atoms with Gasteiger partial charge in [0.25, 0.3) is 0 Å². The van der Waals surface area contributed by atoms with Crippen LogP contribution in [0.4, 0.5) is 10.2 Å². The second-order valence-corrected chi connectivity index (χ2v) is 6.73. The van der Waals surface area contributed by atoms with Crippen LogP contribution in [-0.2, 0) is 0 Å². The van der Waals surface area contributed by atoms with E-state index in [-0.39, 0.29) is 17.1 Å². The Labute approximate surface area is 149 Å². The van der Waals surface area contributed by atoms with Crippen molar-refractivity contribution in [3.05, 3.63) is 35.2 Å². The lowest BCUT2D eigenvalue weighted by atomic mass is 9.91. The first-order chi connectivity index (χ1) is 12.1. The van der Waals surface area contributed by atoms with Crippen LogP contribution in [0.2, 0.25) is 5.02 Å². The van der Waals surface area contributed by atoms with Crippen LogP contribution in [0.3, 0.4) is 0 Å². The second kappa shape index (κ2) is 6.57. The van der Waals surface area contributed by atoms with Crippen molar-refractivity contribution in [2.75, 3.05) is 5.32 Å². The molecule has 4 rings (SSSR count). The Balaban J connectivity index is 1.66. The topological polar surface area (TPSA) is 92.5 Å². The predicted octanol–water partition coefficient (Wildman–Crippen LogP) is 3.49. The van der Waals surface area contributed by atoms with Gasteiger partial charge in [-0.05, 0) is 25.0 Å². The summed E-state index contributed by atoms with van der Waals surface area (Å²) in [4.78, 5) is 8.88. The zero-order valence-electron chi connectivity index (χ0n) is 13.5. The maximum Gasteiger partial charge on any atom is 0.202 e. The van der Waals surface area contributed by atoms with Gasteiger partial charge in [-0.1, -0.05) is 30.5 Å². The largest absolute Gasteiger partial charge is 0.364 e. The molecule has 4 N–H and O–H groups in total. The van der Waals surface area contributed by atoms with Gasteiger partial charge in [-0.25, -0.2) is 14.4 Å². The van der Waals surface area contributed by atoms with Crippen molar-refractivity contribution in [3.8, 4) is 11.3 Å². The fraction of sp³-hybridized carbons (Fsp3) is 0.353. The Hall–Kier alpha value is -2.25. The number of aromatic nitrogens is 4. The maximum absolute atomic E-state index is 14.3. The third-order valence-corrected chi connectivity index (χ3v) is 4.93. The van der Waals surface area contributed by atoms with E-state index in [1.165, 1.54) is 6.07 Å². The Bertz CT molecular complexity index is 911. The summed E-state index contributed by atoms with van der Waals surface area (Å²) >= 11 is 5.86. The predicted molar refractivity (Wildman–Crippen MR) is 95.9 cm³/mol. The minimum absolute atomic E-state index is 0.0535. The number of halogens is 2. The number of H-pyrrole nitrogens is 1. The third-order valence-electron chi connectivity index (χ3n) is 4.64. The van der Waals surface area contributed by atoms with Gasteiger partial charge in [0.15, 0.2) is 5.82 Å². The molecule has 1 fully saturated rings. The Morgan fingerprint density at radius 1 is 1.28 bits per heavy atom. The average molecular weight is 361 g/mol. The van der Waals surface area contributed by atoms with Crippen LogP contribution in [0.1, 0.15) is 25.7 Å². The van der Waals surface area contributed by atoms with Gasteiger partial charge < -0.3 is 11.1 Å². The van der Waals surface area contributed by atoms with Crippen LogP contribution in [0.5, 0.6) is 0 Å². The maximum atomic E-state index is 14.3. The molecule has 2 atom stereocenters. The number of aromatic amines is 1. The highest BCUT2D eigenvalue weighted by atomic mass is 35.5. The zero-order chi connectivity index (χ0) is 17.4. The monoisotopic (exact) mass is 360 g/mol. The minimum Gasteiger partial charge on any atom is -0.364 e. The van der Waals surface area contributed by atoms with E-state index in [0.717, 1.165) is 25.7 Å². The van der Waals surface area contributed by atoms with Crippen LogP contribution in [-0.4, -0.2) is 32.2 Å². The van der Waals surface area contributed by atoms with Crippen LogP contribution < -0.4 is 11.1 Å². The minimum atomic E-state index is -0.508. The second-order valence-electron chi connectivity index (χ2n) is 6.33. The molecule has 0 spiro atoms. The normalized spacial score (nSPS) is 20.8. The van der Waals surface area contributed by atoms with Crippen molar-refractivity contribution >= 4 is 28.6 Å². The molecular weight excluding hydrogens is 343 g/mol. The number of hydrogen-bond donors (Lipinski definition) is 3. The summed E-state index contributed by atoms with van der Waals surface area (Å²) < 4.78 is 14.3. The summed E-state index contributed by atoms with van der Waals surface area (Å²) in [7, 11) is 0. The quantitative estimate of drug-likeness (QED) is 0.664.